The predicted octanol–water partition coefficient (Wildman–Crippen LogP) is 2.67. The van der Waals surface area contributed by atoms with Crippen LogP contribution >= 0.6 is 11.3 Å². The molecule has 0 bridgehead atoms. The molecule has 182 valence electrons. The van der Waals surface area contributed by atoms with Gasteiger partial charge in [-0.15, -0.1) is 10.2 Å². The number of sulfonamides is 1. The summed E-state index contributed by atoms with van der Waals surface area (Å²) in [6.45, 7) is 5.44. The molecule has 13 heteroatoms. The molecule has 1 aliphatic carbocycles. The second-order valence-corrected chi connectivity index (χ2v) is 12.4. The number of hydrogen-bond acceptors (Lipinski definition) is 8. The van der Waals surface area contributed by atoms with Gasteiger partial charge >= 0.3 is 0 Å². The topological polar surface area (TPSA) is 105 Å². The van der Waals surface area contributed by atoms with E-state index in [1.807, 2.05) is 6.92 Å². The average molecular weight is 510 g/mol. The summed E-state index contributed by atoms with van der Waals surface area (Å²) in [4.78, 5) is 6.88. The monoisotopic (exact) mass is 509 g/mol. The molecule has 0 unspecified atom stereocenters. The Hall–Kier alpha value is -2.22. The van der Waals surface area contributed by atoms with E-state index in [-0.39, 0.29) is 14.9 Å². The second-order valence-electron chi connectivity index (χ2n) is 9.72. The van der Waals surface area contributed by atoms with Gasteiger partial charge in [0.1, 0.15) is 10.6 Å². The molecule has 1 saturated carbocycles. The van der Waals surface area contributed by atoms with Crippen LogP contribution in [0.25, 0.3) is 16.3 Å². The highest BCUT2D eigenvalue weighted by Crippen LogP contribution is 2.38. The summed E-state index contributed by atoms with van der Waals surface area (Å²) in [5, 5.41) is 10.8. The van der Waals surface area contributed by atoms with Crippen LogP contribution in [-0.2, 0) is 10.0 Å². The van der Waals surface area contributed by atoms with E-state index in [4.69, 9.17) is 0 Å². The van der Waals surface area contributed by atoms with Gasteiger partial charge in [-0.05, 0) is 57.2 Å². The van der Waals surface area contributed by atoms with Gasteiger partial charge in [-0.2, -0.15) is 0 Å². The fourth-order valence-electron chi connectivity index (χ4n) is 4.94. The number of alkyl halides is 2. The molecule has 6 rings (SSSR count). The molecule has 3 aromatic rings. The van der Waals surface area contributed by atoms with Crippen molar-refractivity contribution in [1.82, 2.24) is 29.6 Å². The van der Waals surface area contributed by atoms with Crippen LogP contribution < -0.4 is 14.9 Å². The highest BCUT2D eigenvalue weighted by atomic mass is 32.2. The summed E-state index contributed by atoms with van der Waals surface area (Å²) in [6.07, 6.45) is 2.93. The number of rotatable bonds is 6. The van der Waals surface area contributed by atoms with Crippen molar-refractivity contribution < 1.29 is 17.2 Å². The lowest BCUT2D eigenvalue weighted by Crippen LogP contribution is -2.40. The smallest absolute Gasteiger partial charge is 0.291 e. The average Bonchev–Trinajstić information content (AvgIpc) is 3.25. The van der Waals surface area contributed by atoms with E-state index in [0.29, 0.717) is 23.2 Å². The highest BCUT2D eigenvalue weighted by molar-refractivity contribution is 7.89. The minimum Gasteiger partial charge on any atom is -0.368 e. The first-order valence-corrected chi connectivity index (χ1v) is 13.7. The van der Waals surface area contributed by atoms with Gasteiger partial charge in [-0.25, -0.2) is 26.9 Å². The quantitative estimate of drug-likeness (QED) is 0.527. The number of fused-ring (bicyclic) bond motifs is 2. The summed E-state index contributed by atoms with van der Waals surface area (Å²) < 4.78 is 57.3. The Kier molecular flexibility index (Phi) is 5.17. The molecule has 2 N–H and O–H groups in total. The summed E-state index contributed by atoms with van der Waals surface area (Å²) in [6, 6.07) is 1.69. The van der Waals surface area contributed by atoms with Gasteiger partial charge in [0.05, 0.1) is 11.9 Å². The molecule has 5 heterocycles. The van der Waals surface area contributed by atoms with Gasteiger partial charge in [-0.1, -0.05) is 11.3 Å². The van der Waals surface area contributed by atoms with Crippen molar-refractivity contribution in [1.29, 1.82) is 0 Å². The number of hydrogen-bond donors (Lipinski definition) is 2. The molecule has 0 spiro atoms. The van der Waals surface area contributed by atoms with Gasteiger partial charge in [0.15, 0.2) is 15.7 Å². The maximum absolute atomic E-state index is 13.3. The van der Waals surface area contributed by atoms with Gasteiger partial charge in [0.2, 0.25) is 10.0 Å². The van der Waals surface area contributed by atoms with Crippen molar-refractivity contribution in [3.05, 3.63) is 23.5 Å². The Balaban J connectivity index is 1.47. The molecule has 0 amide bonds. The molecule has 0 aromatic carbocycles. The first-order valence-electron chi connectivity index (χ1n) is 11.4. The van der Waals surface area contributed by atoms with E-state index >= 15 is 0 Å². The van der Waals surface area contributed by atoms with Crippen molar-refractivity contribution in [2.24, 2.45) is 11.8 Å². The van der Waals surface area contributed by atoms with E-state index in [1.165, 1.54) is 6.20 Å². The molecule has 3 aliphatic rings. The maximum atomic E-state index is 13.3. The van der Waals surface area contributed by atoms with Crippen LogP contribution in [0.3, 0.4) is 0 Å². The van der Waals surface area contributed by atoms with Crippen LogP contribution in [0.2, 0.25) is 0 Å². The lowest BCUT2D eigenvalue weighted by Gasteiger charge is -2.36. The Bertz CT molecular complexity index is 1350. The van der Waals surface area contributed by atoms with E-state index in [1.54, 1.807) is 16.7 Å². The third-order valence-electron chi connectivity index (χ3n) is 7.14. The number of nitrogens with zero attached hydrogens (tertiary/aromatic N) is 5. The molecule has 9 nitrogen and oxygen atoms in total. The molecule has 2 atom stereocenters. The Morgan fingerprint density at radius 3 is 2.79 bits per heavy atom. The summed E-state index contributed by atoms with van der Waals surface area (Å²) in [7, 11) is -3.80. The third kappa shape index (κ3) is 3.88. The molecule has 2 saturated heterocycles. The number of halogens is 2. The zero-order chi connectivity index (χ0) is 23.7. The van der Waals surface area contributed by atoms with Crippen molar-refractivity contribution >= 4 is 32.7 Å². The molecule has 3 fully saturated rings. The number of imidazole rings is 1. The zero-order valence-electron chi connectivity index (χ0n) is 18.5. The fourth-order valence-corrected chi connectivity index (χ4v) is 7.12. The predicted molar refractivity (Wildman–Crippen MR) is 124 cm³/mol. The Labute approximate surface area is 199 Å². The summed E-state index contributed by atoms with van der Waals surface area (Å²) in [5.74, 6) is 1.11. The van der Waals surface area contributed by atoms with Gasteiger partial charge in [0, 0.05) is 24.8 Å². The molecule has 34 heavy (non-hydrogen) atoms. The Morgan fingerprint density at radius 1 is 1.26 bits per heavy atom. The van der Waals surface area contributed by atoms with E-state index in [0.717, 1.165) is 62.5 Å². The van der Waals surface area contributed by atoms with Crippen molar-refractivity contribution in [3.63, 3.8) is 0 Å². The van der Waals surface area contributed by atoms with Crippen LogP contribution in [0.1, 0.15) is 37.6 Å². The van der Waals surface area contributed by atoms with Crippen molar-refractivity contribution in [2.75, 3.05) is 31.1 Å². The molecular weight excluding hydrogens is 484 g/mol. The van der Waals surface area contributed by atoms with E-state index in [2.05, 4.69) is 30.1 Å². The lowest BCUT2D eigenvalue weighted by atomic mass is 9.88. The van der Waals surface area contributed by atoms with Crippen molar-refractivity contribution in [3.8, 4) is 10.7 Å². The van der Waals surface area contributed by atoms with Crippen LogP contribution in [0, 0.1) is 11.8 Å². The van der Waals surface area contributed by atoms with Gasteiger partial charge in [0.25, 0.3) is 6.43 Å². The van der Waals surface area contributed by atoms with E-state index < -0.39 is 22.0 Å². The molecule has 2 aliphatic heterocycles. The van der Waals surface area contributed by atoms with Crippen LogP contribution in [0.15, 0.2) is 23.4 Å². The lowest BCUT2D eigenvalue weighted by molar-refractivity contribution is 0.150. The number of aromatic nitrogens is 4. The van der Waals surface area contributed by atoms with Gasteiger partial charge in [-0.3, -0.25) is 4.40 Å². The highest BCUT2D eigenvalue weighted by Gasteiger charge is 2.42. The molecular formula is C21H25F2N7O2S2. The SMILES string of the molecule is CC1(NS(=O)(=O)c2cc(N3CC[C@H]4CNC[C@H]4C3)c3ncc(-c4nnc(C(F)F)s4)n3c2)CC1. The first-order chi connectivity index (χ1) is 16.2. The molecule has 3 aromatic heterocycles. The molecule has 0 radical (unpaired) electrons. The van der Waals surface area contributed by atoms with Crippen LogP contribution in [0.4, 0.5) is 14.5 Å². The second kappa shape index (κ2) is 7.90. The van der Waals surface area contributed by atoms with E-state index in [9.17, 15) is 17.2 Å². The minimum absolute atomic E-state index is 0.118. The standard InChI is InChI=1S/C21H25F2N7O2S2/c1-21(3-4-21)28-34(31,32)14-6-15(29-5-2-12-7-24-8-13(12)10-29)18-25-9-16(30(18)11-14)19-26-27-20(33-19)17(22)23/h6,9,11-13,17,24,28H,2-5,7-8,10H2,1H3/t12-,13-/m0/s1. The number of anilines is 1. The number of piperidine rings is 1. The largest absolute Gasteiger partial charge is 0.368 e. The van der Waals surface area contributed by atoms with Crippen LogP contribution in [0.5, 0.6) is 0 Å². The van der Waals surface area contributed by atoms with Crippen molar-refractivity contribution in [2.45, 2.75) is 43.0 Å². The normalized spacial score (nSPS) is 24.2. The number of pyridine rings is 1. The van der Waals surface area contributed by atoms with Gasteiger partial charge < -0.3 is 10.2 Å². The summed E-state index contributed by atoms with van der Waals surface area (Å²) in [5.41, 5.74) is 1.31. The zero-order valence-corrected chi connectivity index (χ0v) is 20.2. The summed E-state index contributed by atoms with van der Waals surface area (Å²) >= 11 is 0.781. The maximum Gasteiger partial charge on any atom is 0.291 e. The van der Waals surface area contributed by atoms with Crippen LogP contribution in [-0.4, -0.2) is 59.7 Å². The number of nitrogens with one attached hydrogen (secondary N) is 2. The Morgan fingerprint density at radius 2 is 2.06 bits per heavy atom. The third-order valence-corrected chi connectivity index (χ3v) is 9.70. The first kappa shape index (κ1) is 22.3. The fraction of sp³-hybridized carbons (Fsp3) is 0.571. The minimum atomic E-state index is -3.80.